The number of nitrogens with two attached hydrogens (primary N) is 1. The maximum Gasteiger partial charge on any atom is 0.220 e. The third-order valence-corrected chi connectivity index (χ3v) is 3.72. The van der Waals surface area contributed by atoms with Crippen LogP contribution in [0.5, 0.6) is 0 Å². The van der Waals surface area contributed by atoms with Crippen LogP contribution >= 0.6 is 0 Å². The van der Waals surface area contributed by atoms with Crippen LogP contribution in [0, 0.1) is 5.92 Å². The van der Waals surface area contributed by atoms with Crippen LogP contribution in [0.15, 0.2) is 30.3 Å². The van der Waals surface area contributed by atoms with Gasteiger partial charge in [-0.1, -0.05) is 36.8 Å². The van der Waals surface area contributed by atoms with Crippen LogP contribution in [0.1, 0.15) is 43.7 Å². The Kier molecular flexibility index (Phi) is 4.76. The maximum absolute atomic E-state index is 11.7. The van der Waals surface area contributed by atoms with E-state index in [1.165, 1.54) is 19.3 Å². The summed E-state index contributed by atoms with van der Waals surface area (Å²) in [5.74, 6) is 0.852. The van der Waals surface area contributed by atoms with Crippen LogP contribution in [0.4, 0.5) is 0 Å². The molecule has 1 fully saturated rings. The van der Waals surface area contributed by atoms with Gasteiger partial charge >= 0.3 is 0 Å². The molecule has 1 aromatic carbocycles. The Bertz CT molecular complexity index is 373. The van der Waals surface area contributed by atoms with Gasteiger partial charge in [-0.15, -0.1) is 0 Å². The van der Waals surface area contributed by atoms with Gasteiger partial charge in [0.2, 0.25) is 5.91 Å². The number of nitrogens with one attached hydrogen (secondary N) is 1. The zero-order valence-electron chi connectivity index (χ0n) is 10.8. The van der Waals surface area contributed by atoms with Crippen LogP contribution in [0.2, 0.25) is 0 Å². The lowest BCUT2D eigenvalue weighted by Gasteiger charge is -2.25. The number of benzene rings is 1. The summed E-state index contributed by atoms with van der Waals surface area (Å²) in [6.07, 6.45) is 5.08. The molecular weight excluding hydrogens is 224 g/mol. The van der Waals surface area contributed by atoms with Crippen LogP contribution in [-0.4, -0.2) is 12.5 Å². The topological polar surface area (TPSA) is 55.1 Å². The minimum absolute atomic E-state index is 0.0411. The van der Waals surface area contributed by atoms with Gasteiger partial charge in [-0.2, -0.15) is 0 Å². The molecule has 0 radical (unpaired) electrons. The molecule has 3 N–H and O–H groups in total. The van der Waals surface area contributed by atoms with Crippen molar-refractivity contribution in [3.05, 3.63) is 35.9 Å². The Labute approximate surface area is 109 Å². The van der Waals surface area contributed by atoms with Crippen LogP contribution in [0.3, 0.4) is 0 Å². The number of rotatable bonds is 6. The highest BCUT2D eigenvalue weighted by atomic mass is 16.1. The summed E-state index contributed by atoms with van der Waals surface area (Å²) in [5, 5.41) is 3.00. The summed E-state index contributed by atoms with van der Waals surface area (Å²) in [6.45, 7) is 0.847. The first kappa shape index (κ1) is 13.1. The van der Waals surface area contributed by atoms with E-state index in [2.05, 4.69) is 5.32 Å². The van der Waals surface area contributed by atoms with Gasteiger partial charge in [0.05, 0.1) is 0 Å². The van der Waals surface area contributed by atoms with Crippen molar-refractivity contribution in [2.24, 2.45) is 11.7 Å². The highest BCUT2D eigenvalue weighted by Crippen LogP contribution is 2.25. The zero-order valence-corrected chi connectivity index (χ0v) is 10.8. The summed E-state index contributed by atoms with van der Waals surface area (Å²) in [5.41, 5.74) is 7.16. The molecular formula is C15H22N2O. The van der Waals surface area contributed by atoms with Crippen molar-refractivity contribution in [3.8, 4) is 0 Å². The average molecular weight is 246 g/mol. The smallest absolute Gasteiger partial charge is 0.220 e. The van der Waals surface area contributed by atoms with Gasteiger partial charge < -0.3 is 11.1 Å². The molecule has 1 aliphatic carbocycles. The maximum atomic E-state index is 11.7. The standard InChI is InChI=1S/C15H22N2O/c16-14(13-7-2-1-3-8-13)9-10-15(18)17-11-12-5-4-6-12/h1-3,7-8,12,14H,4-6,9-11,16H2,(H,17,18). The summed E-state index contributed by atoms with van der Waals surface area (Å²) in [4.78, 5) is 11.7. The van der Waals surface area contributed by atoms with E-state index in [-0.39, 0.29) is 11.9 Å². The predicted molar refractivity (Wildman–Crippen MR) is 73.0 cm³/mol. The fourth-order valence-corrected chi connectivity index (χ4v) is 2.20. The number of carbonyl (C=O) groups excluding carboxylic acids is 1. The van der Waals surface area contributed by atoms with Gasteiger partial charge in [-0.3, -0.25) is 4.79 Å². The van der Waals surface area contributed by atoms with Crippen LogP contribution in [-0.2, 0) is 4.79 Å². The number of amides is 1. The summed E-state index contributed by atoms with van der Waals surface area (Å²) >= 11 is 0. The summed E-state index contributed by atoms with van der Waals surface area (Å²) in [7, 11) is 0. The fraction of sp³-hybridized carbons (Fsp3) is 0.533. The Balaban J connectivity index is 1.65. The van der Waals surface area contributed by atoms with E-state index in [9.17, 15) is 4.79 Å². The van der Waals surface area contributed by atoms with Gasteiger partial charge in [-0.25, -0.2) is 0 Å². The van der Waals surface area contributed by atoms with Crippen molar-refractivity contribution in [3.63, 3.8) is 0 Å². The summed E-state index contributed by atoms with van der Waals surface area (Å²) < 4.78 is 0. The van der Waals surface area contributed by atoms with Crippen LogP contribution in [0.25, 0.3) is 0 Å². The second-order valence-electron chi connectivity index (χ2n) is 5.16. The lowest BCUT2D eigenvalue weighted by molar-refractivity contribution is -0.121. The van der Waals surface area contributed by atoms with E-state index in [1.54, 1.807) is 0 Å². The molecule has 1 aromatic rings. The number of hydrogen-bond donors (Lipinski definition) is 2. The van der Waals surface area contributed by atoms with E-state index < -0.39 is 0 Å². The highest BCUT2D eigenvalue weighted by Gasteiger charge is 2.18. The average Bonchev–Trinajstić information content (AvgIpc) is 2.35. The van der Waals surface area contributed by atoms with Crippen molar-refractivity contribution in [1.82, 2.24) is 5.32 Å². The predicted octanol–water partition coefficient (Wildman–Crippen LogP) is 2.38. The number of carbonyl (C=O) groups is 1. The molecule has 0 bridgehead atoms. The molecule has 3 heteroatoms. The first-order chi connectivity index (χ1) is 8.75. The minimum atomic E-state index is -0.0411. The Morgan fingerprint density at radius 3 is 2.67 bits per heavy atom. The largest absolute Gasteiger partial charge is 0.356 e. The molecule has 1 atom stereocenters. The molecule has 0 heterocycles. The zero-order chi connectivity index (χ0) is 12.8. The monoisotopic (exact) mass is 246 g/mol. The van der Waals surface area contributed by atoms with E-state index >= 15 is 0 Å². The van der Waals surface area contributed by atoms with E-state index in [1.807, 2.05) is 30.3 Å². The van der Waals surface area contributed by atoms with Crippen molar-refractivity contribution in [2.75, 3.05) is 6.54 Å². The molecule has 1 amide bonds. The normalized spacial score (nSPS) is 16.9. The molecule has 1 aliphatic rings. The second kappa shape index (κ2) is 6.55. The van der Waals surface area contributed by atoms with Gasteiger partial charge in [0.15, 0.2) is 0 Å². The Morgan fingerprint density at radius 1 is 1.33 bits per heavy atom. The quantitative estimate of drug-likeness (QED) is 0.809. The van der Waals surface area contributed by atoms with Crippen LogP contribution < -0.4 is 11.1 Å². The van der Waals surface area contributed by atoms with E-state index in [4.69, 9.17) is 5.73 Å². The van der Waals surface area contributed by atoms with Gasteiger partial charge in [0.25, 0.3) is 0 Å². The first-order valence-electron chi connectivity index (χ1n) is 6.83. The molecule has 2 rings (SSSR count). The molecule has 1 unspecified atom stereocenters. The summed E-state index contributed by atoms with van der Waals surface area (Å²) in [6, 6.07) is 9.91. The molecule has 0 spiro atoms. The molecule has 0 saturated heterocycles. The molecule has 0 aliphatic heterocycles. The minimum Gasteiger partial charge on any atom is -0.356 e. The van der Waals surface area contributed by atoms with E-state index in [0.717, 1.165) is 18.0 Å². The van der Waals surface area contributed by atoms with Crippen molar-refractivity contribution < 1.29 is 4.79 Å². The fourth-order valence-electron chi connectivity index (χ4n) is 2.20. The molecule has 1 saturated carbocycles. The molecule has 18 heavy (non-hydrogen) atoms. The van der Waals surface area contributed by atoms with Crippen molar-refractivity contribution in [1.29, 1.82) is 0 Å². The molecule has 98 valence electrons. The molecule has 3 nitrogen and oxygen atoms in total. The Morgan fingerprint density at radius 2 is 2.06 bits per heavy atom. The lowest BCUT2D eigenvalue weighted by atomic mass is 9.85. The first-order valence-corrected chi connectivity index (χ1v) is 6.83. The van der Waals surface area contributed by atoms with Gasteiger partial charge in [-0.05, 0) is 30.7 Å². The van der Waals surface area contributed by atoms with Crippen molar-refractivity contribution >= 4 is 5.91 Å². The third kappa shape index (κ3) is 3.84. The highest BCUT2D eigenvalue weighted by molar-refractivity contribution is 5.75. The number of hydrogen-bond acceptors (Lipinski definition) is 2. The molecule has 0 aromatic heterocycles. The lowest BCUT2D eigenvalue weighted by Crippen LogP contribution is -2.32. The van der Waals surface area contributed by atoms with Gasteiger partial charge in [0.1, 0.15) is 0 Å². The van der Waals surface area contributed by atoms with Gasteiger partial charge in [0, 0.05) is 19.0 Å². The second-order valence-corrected chi connectivity index (χ2v) is 5.16. The third-order valence-electron chi connectivity index (χ3n) is 3.72. The Hall–Kier alpha value is -1.35. The SMILES string of the molecule is NC(CCC(=O)NCC1CCC1)c1ccccc1. The van der Waals surface area contributed by atoms with Crippen molar-refractivity contribution in [2.45, 2.75) is 38.1 Å². The van der Waals surface area contributed by atoms with E-state index in [0.29, 0.717) is 12.8 Å².